The summed E-state index contributed by atoms with van der Waals surface area (Å²) in [4.78, 5) is 6.29. The number of rotatable bonds is 2. The van der Waals surface area contributed by atoms with Crippen molar-refractivity contribution in [2.45, 2.75) is 19.4 Å². The summed E-state index contributed by atoms with van der Waals surface area (Å²) in [6.45, 7) is 7.29. The molecule has 5 nitrogen and oxygen atoms in total. The van der Waals surface area contributed by atoms with Crippen LogP contribution in [0, 0.1) is 0 Å². The molecule has 0 spiro atoms. The van der Waals surface area contributed by atoms with Crippen molar-refractivity contribution in [2.75, 3.05) is 24.5 Å². The van der Waals surface area contributed by atoms with Crippen molar-refractivity contribution in [1.82, 2.24) is 20.5 Å². The fourth-order valence-electron chi connectivity index (χ4n) is 2.51. The number of piperazine rings is 1. The molecular weight excluding hydrogens is 250 g/mol. The van der Waals surface area contributed by atoms with E-state index < -0.39 is 0 Å². The van der Waals surface area contributed by atoms with Crippen LogP contribution in [0.1, 0.15) is 13.8 Å². The van der Waals surface area contributed by atoms with Gasteiger partial charge in [-0.05, 0) is 38.1 Å². The first-order chi connectivity index (χ1) is 9.64. The van der Waals surface area contributed by atoms with Crippen LogP contribution in [0.4, 0.5) is 5.82 Å². The molecule has 20 heavy (non-hydrogen) atoms. The zero-order valence-corrected chi connectivity index (χ0v) is 11.9. The Kier molecular flexibility index (Phi) is 3.36. The Hall–Kier alpha value is -2.01. The minimum Gasteiger partial charge on any atom is -0.352 e. The van der Waals surface area contributed by atoms with E-state index in [1.54, 1.807) is 12.4 Å². The standard InChI is InChI=1S/C15H19N5/c1-15(2)11-20(10-9-17-15)14-4-3-13(18-19-14)12-5-7-16-8-6-12/h3-8,17H,9-11H2,1-2H3. The average Bonchev–Trinajstić information content (AvgIpc) is 2.47. The lowest BCUT2D eigenvalue weighted by molar-refractivity contribution is 0.351. The van der Waals surface area contributed by atoms with Crippen molar-refractivity contribution in [3.8, 4) is 11.3 Å². The highest BCUT2D eigenvalue weighted by molar-refractivity contribution is 5.58. The van der Waals surface area contributed by atoms with Gasteiger partial charge in [0.1, 0.15) is 0 Å². The number of nitrogens with one attached hydrogen (secondary N) is 1. The monoisotopic (exact) mass is 269 g/mol. The van der Waals surface area contributed by atoms with Crippen LogP contribution in [-0.4, -0.2) is 40.4 Å². The number of pyridine rings is 1. The normalized spacial score (nSPS) is 18.0. The summed E-state index contributed by atoms with van der Waals surface area (Å²) in [5, 5.41) is 12.2. The van der Waals surface area contributed by atoms with Crippen LogP contribution in [0.5, 0.6) is 0 Å². The van der Waals surface area contributed by atoms with Crippen LogP contribution in [0.25, 0.3) is 11.3 Å². The Morgan fingerprint density at radius 2 is 1.90 bits per heavy atom. The van der Waals surface area contributed by atoms with Crippen molar-refractivity contribution in [1.29, 1.82) is 0 Å². The van der Waals surface area contributed by atoms with Gasteiger partial charge in [-0.15, -0.1) is 10.2 Å². The Morgan fingerprint density at radius 3 is 2.55 bits per heavy atom. The molecule has 0 atom stereocenters. The predicted octanol–water partition coefficient (Wildman–Crippen LogP) is 1.73. The number of nitrogens with zero attached hydrogens (tertiary/aromatic N) is 4. The summed E-state index contributed by atoms with van der Waals surface area (Å²) in [5.41, 5.74) is 2.04. The molecule has 1 saturated heterocycles. The molecule has 0 unspecified atom stereocenters. The molecule has 0 saturated carbocycles. The van der Waals surface area contributed by atoms with Gasteiger partial charge in [0.2, 0.25) is 0 Å². The van der Waals surface area contributed by atoms with E-state index in [1.807, 2.05) is 24.3 Å². The van der Waals surface area contributed by atoms with Gasteiger partial charge in [-0.25, -0.2) is 0 Å². The Bertz CT molecular complexity index is 565. The first-order valence-electron chi connectivity index (χ1n) is 6.88. The highest BCUT2D eigenvalue weighted by Gasteiger charge is 2.26. The minimum absolute atomic E-state index is 0.115. The first kappa shape index (κ1) is 13.0. The molecule has 1 aliphatic heterocycles. The van der Waals surface area contributed by atoms with Gasteiger partial charge in [-0.1, -0.05) is 0 Å². The SMILES string of the molecule is CC1(C)CN(c2ccc(-c3ccncc3)nn2)CCN1. The van der Waals surface area contributed by atoms with Crippen LogP contribution in [0.15, 0.2) is 36.7 Å². The van der Waals surface area contributed by atoms with Crippen LogP contribution in [0.2, 0.25) is 0 Å². The van der Waals surface area contributed by atoms with E-state index in [-0.39, 0.29) is 5.54 Å². The van der Waals surface area contributed by atoms with Gasteiger partial charge in [0.25, 0.3) is 0 Å². The van der Waals surface area contributed by atoms with Gasteiger partial charge in [0.05, 0.1) is 5.69 Å². The second-order valence-electron chi connectivity index (χ2n) is 5.74. The van der Waals surface area contributed by atoms with E-state index in [2.05, 4.69) is 39.2 Å². The molecule has 0 amide bonds. The Labute approximate surface area is 119 Å². The van der Waals surface area contributed by atoms with E-state index in [0.29, 0.717) is 0 Å². The quantitative estimate of drug-likeness (QED) is 0.899. The number of anilines is 1. The van der Waals surface area contributed by atoms with Gasteiger partial charge in [-0.3, -0.25) is 4.98 Å². The second kappa shape index (κ2) is 5.17. The molecule has 0 aromatic carbocycles. The predicted molar refractivity (Wildman–Crippen MR) is 79.6 cm³/mol. The van der Waals surface area contributed by atoms with Gasteiger partial charge >= 0.3 is 0 Å². The first-order valence-corrected chi connectivity index (χ1v) is 6.88. The largest absolute Gasteiger partial charge is 0.352 e. The minimum atomic E-state index is 0.115. The summed E-state index contributed by atoms with van der Waals surface area (Å²) in [7, 11) is 0. The topological polar surface area (TPSA) is 53.9 Å². The smallest absolute Gasteiger partial charge is 0.151 e. The zero-order valence-electron chi connectivity index (χ0n) is 11.9. The molecule has 0 aliphatic carbocycles. The van der Waals surface area contributed by atoms with E-state index in [0.717, 1.165) is 36.7 Å². The molecular formula is C15H19N5. The molecule has 2 aromatic heterocycles. The van der Waals surface area contributed by atoms with E-state index in [9.17, 15) is 0 Å². The van der Waals surface area contributed by atoms with Crippen molar-refractivity contribution in [2.24, 2.45) is 0 Å². The third-order valence-electron chi connectivity index (χ3n) is 3.52. The molecule has 3 rings (SSSR count). The molecule has 1 fully saturated rings. The number of hydrogen-bond acceptors (Lipinski definition) is 5. The van der Waals surface area contributed by atoms with Crippen LogP contribution < -0.4 is 10.2 Å². The van der Waals surface area contributed by atoms with Crippen LogP contribution >= 0.6 is 0 Å². The summed E-state index contributed by atoms with van der Waals surface area (Å²) >= 11 is 0. The Morgan fingerprint density at radius 1 is 1.10 bits per heavy atom. The van der Waals surface area contributed by atoms with Gasteiger partial charge in [-0.2, -0.15) is 0 Å². The fourth-order valence-corrected chi connectivity index (χ4v) is 2.51. The number of hydrogen-bond donors (Lipinski definition) is 1. The molecule has 1 aliphatic rings. The van der Waals surface area contributed by atoms with E-state index in [4.69, 9.17) is 0 Å². The summed E-state index contributed by atoms with van der Waals surface area (Å²) in [6.07, 6.45) is 3.54. The number of aromatic nitrogens is 3. The molecule has 1 N–H and O–H groups in total. The van der Waals surface area contributed by atoms with Crippen molar-refractivity contribution in [3.05, 3.63) is 36.7 Å². The molecule has 5 heteroatoms. The summed E-state index contributed by atoms with van der Waals surface area (Å²) < 4.78 is 0. The zero-order chi connectivity index (χ0) is 14.0. The molecule has 0 radical (unpaired) electrons. The lowest BCUT2D eigenvalue weighted by atomic mass is 10.0. The van der Waals surface area contributed by atoms with Gasteiger partial charge in [0, 0.05) is 43.1 Å². The lowest BCUT2D eigenvalue weighted by Gasteiger charge is -2.39. The van der Waals surface area contributed by atoms with Gasteiger partial charge < -0.3 is 10.2 Å². The molecule has 2 aromatic rings. The maximum atomic E-state index is 4.37. The van der Waals surface area contributed by atoms with Crippen LogP contribution in [0.3, 0.4) is 0 Å². The van der Waals surface area contributed by atoms with Crippen molar-refractivity contribution >= 4 is 5.82 Å². The molecule has 0 bridgehead atoms. The van der Waals surface area contributed by atoms with Gasteiger partial charge in [0.15, 0.2) is 5.82 Å². The third-order valence-corrected chi connectivity index (χ3v) is 3.52. The molecule has 3 heterocycles. The van der Waals surface area contributed by atoms with Crippen molar-refractivity contribution in [3.63, 3.8) is 0 Å². The highest BCUT2D eigenvalue weighted by Crippen LogP contribution is 2.20. The second-order valence-corrected chi connectivity index (χ2v) is 5.74. The summed E-state index contributed by atoms with van der Waals surface area (Å²) in [6, 6.07) is 7.95. The van der Waals surface area contributed by atoms with E-state index >= 15 is 0 Å². The lowest BCUT2D eigenvalue weighted by Crippen LogP contribution is -2.57. The van der Waals surface area contributed by atoms with Crippen molar-refractivity contribution < 1.29 is 0 Å². The fraction of sp³-hybridized carbons (Fsp3) is 0.400. The Balaban J connectivity index is 1.80. The summed E-state index contributed by atoms with van der Waals surface area (Å²) in [5.74, 6) is 0.942. The average molecular weight is 269 g/mol. The van der Waals surface area contributed by atoms with Crippen LogP contribution in [-0.2, 0) is 0 Å². The third kappa shape index (κ3) is 2.77. The highest BCUT2D eigenvalue weighted by atomic mass is 15.3. The maximum Gasteiger partial charge on any atom is 0.151 e. The molecule has 104 valence electrons. The maximum absolute atomic E-state index is 4.37. The van der Waals surface area contributed by atoms with E-state index in [1.165, 1.54) is 0 Å².